The smallest absolute Gasteiger partial charge is 0.487 e. The molecule has 2 aromatic heterocycles. The number of carbonyl (C=O) groups excluding carboxylic acids is 2. The number of fused-ring (bicyclic) bond motifs is 3. The van der Waals surface area contributed by atoms with Gasteiger partial charge in [-0.2, -0.15) is 9.29 Å². The number of ether oxygens (including phenoxy) is 1. The molecule has 26 heteroatoms. The topological polar surface area (TPSA) is 304 Å². The van der Waals surface area contributed by atoms with Crippen molar-refractivity contribution in [2.24, 2.45) is 0 Å². The number of carbonyl (C=O) groups is 2. The summed E-state index contributed by atoms with van der Waals surface area (Å²) in [6.07, 6.45) is 0.653. The monoisotopic (exact) mass is 1030 g/mol. The molecule has 7 N–H and O–H groups in total. The van der Waals surface area contributed by atoms with E-state index in [1.165, 1.54) is 10.8 Å². The number of rotatable bonds is 16. The van der Waals surface area contributed by atoms with Crippen LogP contribution in [0, 0.1) is 11.8 Å². The van der Waals surface area contributed by atoms with Gasteiger partial charge in [0.1, 0.15) is 20.3 Å². The third-order valence-electron chi connectivity index (χ3n) is 10.9. The fourth-order valence-electron chi connectivity index (χ4n) is 7.73. The molecule has 1 saturated heterocycles. The van der Waals surface area contributed by atoms with Gasteiger partial charge in [-0.25, -0.2) is 18.0 Å². The lowest BCUT2D eigenvalue weighted by Crippen LogP contribution is -2.30. The van der Waals surface area contributed by atoms with Gasteiger partial charge in [0.25, 0.3) is 19.3 Å². The van der Waals surface area contributed by atoms with Crippen molar-refractivity contribution >= 4 is 79.4 Å². The third-order valence-corrected chi connectivity index (χ3v) is 15.8. The molecule has 1 fully saturated rings. The zero-order valence-electron chi connectivity index (χ0n) is 37.9. The number of aromatic nitrogens is 3. The van der Waals surface area contributed by atoms with Gasteiger partial charge in [0, 0.05) is 84.2 Å². The number of phosphoric ester groups is 1. The Morgan fingerprint density at radius 1 is 1.04 bits per heavy atom. The van der Waals surface area contributed by atoms with Crippen molar-refractivity contribution in [3.8, 4) is 33.4 Å². The molecule has 2 aliphatic heterocycles. The van der Waals surface area contributed by atoms with Crippen molar-refractivity contribution in [1.29, 1.82) is 0 Å². The fourth-order valence-corrected chi connectivity index (χ4v) is 11.9. The van der Waals surface area contributed by atoms with Crippen LogP contribution in [0.4, 0.5) is 11.6 Å². The number of nitrogens with one attached hydrogen (secondary N) is 2. The van der Waals surface area contributed by atoms with E-state index in [1.54, 1.807) is 23.3 Å². The van der Waals surface area contributed by atoms with E-state index < -0.39 is 48.0 Å². The summed E-state index contributed by atoms with van der Waals surface area (Å²) >= 11 is 1.71. The normalized spacial score (nSPS) is 17.4. The fraction of sp³-hybridized carbons (Fsp3) is 0.326. The predicted octanol–water partition coefficient (Wildman–Crippen LogP) is 3.80. The summed E-state index contributed by atoms with van der Waals surface area (Å²) in [7, 11) is -7.28. The average Bonchev–Trinajstić information content (AvgIpc) is 3.89. The third kappa shape index (κ3) is 12.4. The van der Waals surface area contributed by atoms with Crippen LogP contribution in [-0.2, 0) is 36.4 Å². The van der Waals surface area contributed by atoms with Gasteiger partial charge in [0.15, 0.2) is 5.65 Å². The average molecular weight is 1030 g/mol. The number of aromatic amines is 1. The molecule has 0 spiro atoms. The van der Waals surface area contributed by atoms with E-state index in [0.717, 1.165) is 42.7 Å². The van der Waals surface area contributed by atoms with Gasteiger partial charge in [-0.3, -0.25) is 28.5 Å². The number of hydrogen-bond donors (Lipinski definition) is 6. The number of nitrogens with zero attached hydrogens (tertiary/aromatic N) is 5. The van der Waals surface area contributed by atoms with Gasteiger partial charge >= 0.3 is 15.6 Å². The van der Waals surface area contributed by atoms with Crippen LogP contribution < -0.4 is 36.3 Å². The van der Waals surface area contributed by atoms with Crippen LogP contribution in [0.15, 0.2) is 71.7 Å². The summed E-state index contributed by atoms with van der Waals surface area (Å²) in [6.45, 7) is -0.470. The number of nitrogen functional groups attached to an aromatic ring is 1. The van der Waals surface area contributed by atoms with Crippen molar-refractivity contribution in [2.45, 2.75) is 38.0 Å². The summed E-state index contributed by atoms with van der Waals surface area (Å²) in [5, 5.41) is 4.91. The van der Waals surface area contributed by atoms with Gasteiger partial charge in [0.2, 0.25) is 17.2 Å². The number of hydrogen-bond acceptors (Lipinski definition) is 15. The molecular weight excluding hydrogens is 978 g/mol. The predicted molar refractivity (Wildman–Crippen MR) is 257 cm³/mol. The number of amides is 2. The van der Waals surface area contributed by atoms with Gasteiger partial charge in [-0.05, 0) is 54.7 Å². The number of benzene rings is 3. The first kappa shape index (κ1) is 51.3. The SMILES string of the molecule is CN(CCCC(=O)NCC#Cc1cn([C@H]2CC[C@@H](COP(=O)(O)OP(=O)(O)OP(=O)([O-])O)O2)c2nc(N)[nH]c(=O)c12)C(=O)c1ccccc1-c1c2ccc(=[N+](C)C)cc-2sc2cc(N(C)C)ccc12. The highest BCUT2D eigenvalue weighted by Crippen LogP contribution is 2.65. The quantitative estimate of drug-likeness (QED) is 0.0348. The Balaban J connectivity index is 0.979. The molecule has 5 atom stereocenters. The second-order valence-corrected chi connectivity index (χ2v) is 21.8. The van der Waals surface area contributed by atoms with E-state index in [-0.39, 0.29) is 60.2 Å². The molecule has 1 aliphatic carbocycles. The number of anilines is 2. The van der Waals surface area contributed by atoms with Gasteiger partial charge in [-0.1, -0.05) is 36.1 Å². The Labute approximate surface area is 398 Å². The van der Waals surface area contributed by atoms with E-state index in [9.17, 15) is 42.8 Å². The molecule has 2 aromatic carbocycles. The van der Waals surface area contributed by atoms with E-state index >= 15 is 0 Å². The Hall–Kier alpha value is -5.56. The van der Waals surface area contributed by atoms with Crippen LogP contribution >= 0.6 is 34.8 Å². The van der Waals surface area contributed by atoms with Crippen LogP contribution in [-0.4, -0.2) is 107 Å². The molecule has 3 unspecified atom stereocenters. The molecular formula is C43H49N8O14P3S. The first-order valence-electron chi connectivity index (χ1n) is 21.1. The van der Waals surface area contributed by atoms with Crippen LogP contribution in [0.2, 0.25) is 0 Å². The number of H-pyrrole nitrogens is 1. The molecule has 0 bridgehead atoms. The number of phosphoric acid groups is 3. The second-order valence-electron chi connectivity index (χ2n) is 16.3. The minimum Gasteiger partial charge on any atom is -0.756 e. The standard InChI is InChI=1S/C43H49N8O14P3S/c1-48(2)27-14-17-32-34(22-27)69-35-23-28(49(3)4)15-18-33(35)39(32)30-11-6-7-12-31(30)42(54)50(5)21-9-13-36(52)45-20-8-10-26-24-51(40-38(26)41(53)47-43(44)46-40)37-19-16-29(63-37)25-62-67(58,59)65-68(60,61)64-66(55,56)57/h6-7,11-12,14-15,17-18,22-24,29,37H,9,13,16,19-21,25H2,1-5H3,(H7-,44,45,46,47,52,53,55,56,57,58,59,60,61)/t29-,37+/m0/s1. The Morgan fingerprint density at radius 2 is 1.80 bits per heavy atom. The lowest BCUT2D eigenvalue weighted by molar-refractivity contribution is -0.212. The zero-order valence-corrected chi connectivity index (χ0v) is 41.4. The molecule has 4 aromatic rings. The largest absolute Gasteiger partial charge is 0.756 e. The molecule has 3 aliphatic rings. The van der Waals surface area contributed by atoms with Gasteiger partial charge < -0.3 is 49.7 Å². The van der Waals surface area contributed by atoms with Crippen LogP contribution in [0.5, 0.6) is 0 Å². The van der Waals surface area contributed by atoms with Gasteiger partial charge in [-0.15, -0.1) is 11.3 Å². The molecule has 0 radical (unpaired) electrons. The highest BCUT2D eigenvalue weighted by molar-refractivity contribution is 7.66. The Morgan fingerprint density at radius 3 is 2.52 bits per heavy atom. The van der Waals surface area contributed by atoms with Crippen molar-refractivity contribution in [3.05, 3.63) is 93.7 Å². The molecule has 7 rings (SSSR count). The zero-order chi connectivity index (χ0) is 50.0. The maximum absolute atomic E-state index is 14.2. The molecule has 366 valence electrons. The number of nitrogens with two attached hydrogens (primary N) is 1. The van der Waals surface area contributed by atoms with Crippen LogP contribution in [0.1, 0.15) is 47.8 Å². The lowest BCUT2D eigenvalue weighted by Gasteiger charge is -2.22. The molecule has 4 heterocycles. The van der Waals surface area contributed by atoms with Crippen molar-refractivity contribution in [1.82, 2.24) is 29.3 Å². The summed E-state index contributed by atoms with van der Waals surface area (Å²) in [4.78, 5) is 90.2. The van der Waals surface area contributed by atoms with Crippen molar-refractivity contribution in [3.63, 3.8) is 0 Å². The lowest BCUT2D eigenvalue weighted by atomic mass is 9.91. The van der Waals surface area contributed by atoms with E-state index in [4.69, 9.17) is 15.4 Å². The molecule has 2 amide bonds. The minimum atomic E-state index is -5.82. The van der Waals surface area contributed by atoms with Crippen molar-refractivity contribution < 1.29 is 60.7 Å². The second kappa shape index (κ2) is 20.8. The first-order chi connectivity index (χ1) is 32.5. The maximum atomic E-state index is 14.2. The Bertz CT molecular complexity index is 3280. The highest BCUT2D eigenvalue weighted by Gasteiger charge is 2.39. The maximum Gasteiger partial charge on any atom is 0.487 e. The minimum absolute atomic E-state index is 0.0678. The molecule has 22 nitrogen and oxygen atoms in total. The van der Waals surface area contributed by atoms with Crippen molar-refractivity contribution in [2.75, 3.05) is 65.6 Å². The molecule has 69 heavy (non-hydrogen) atoms. The Kier molecular flexibility index (Phi) is 15.5. The van der Waals surface area contributed by atoms with Crippen LogP contribution in [0.3, 0.4) is 0 Å². The van der Waals surface area contributed by atoms with E-state index in [1.807, 2.05) is 52.5 Å². The molecule has 0 saturated carbocycles. The van der Waals surface area contributed by atoms with Gasteiger partial charge in [0.05, 0.1) is 30.2 Å². The first-order valence-corrected chi connectivity index (χ1v) is 26.4. The van der Waals surface area contributed by atoms with E-state index in [2.05, 4.69) is 86.1 Å². The summed E-state index contributed by atoms with van der Waals surface area (Å²) < 4.78 is 57.2. The summed E-state index contributed by atoms with van der Waals surface area (Å²) in [6, 6.07) is 20.3. The summed E-state index contributed by atoms with van der Waals surface area (Å²) in [5.74, 6) is 5.01. The summed E-state index contributed by atoms with van der Waals surface area (Å²) in [5.41, 5.74) is 9.95. The van der Waals surface area contributed by atoms with E-state index in [0.29, 0.717) is 18.5 Å². The van der Waals surface area contributed by atoms with Crippen LogP contribution in [0.25, 0.3) is 42.7 Å². The highest BCUT2D eigenvalue weighted by atomic mass is 32.1.